The number of anilines is 1. The van der Waals surface area contributed by atoms with Crippen molar-refractivity contribution in [1.29, 1.82) is 0 Å². The lowest BCUT2D eigenvalue weighted by Crippen LogP contribution is -2.07. The summed E-state index contributed by atoms with van der Waals surface area (Å²) in [5.41, 5.74) is 4.63. The molecule has 0 saturated carbocycles. The summed E-state index contributed by atoms with van der Waals surface area (Å²) in [5, 5.41) is 4.90. The van der Waals surface area contributed by atoms with Gasteiger partial charge < -0.3 is 9.15 Å². The fraction of sp³-hybridized carbons (Fsp3) is 0. The highest BCUT2D eigenvalue weighted by atomic mass is 32.1. The van der Waals surface area contributed by atoms with Crippen molar-refractivity contribution in [3.63, 3.8) is 0 Å². The van der Waals surface area contributed by atoms with Gasteiger partial charge in [0.2, 0.25) is 10.9 Å². The van der Waals surface area contributed by atoms with Gasteiger partial charge >= 0.3 is 5.97 Å². The molecule has 2 aromatic heterocycles. The second-order valence-corrected chi connectivity index (χ2v) is 6.33. The lowest BCUT2D eigenvalue weighted by molar-refractivity contribution is 0.0701. The number of carbonyl (C=O) groups is 1. The minimum atomic E-state index is -0.545. The first-order chi connectivity index (χ1) is 12.8. The molecule has 0 aliphatic carbocycles. The number of nitrogens with zero attached hydrogens (tertiary/aromatic N) is 2. The predicted molar refractivity (Wildman–Crippen MR) is 101 cm³/mol. The minimum Gasteiger partial charge on any atom is -0.457 e. The highest BCUT2D eigenvalue weighted by molar-refractivity contribution is 7.22. The Bertz CT molecular complexity index is 1040. The highest BCUT2D eigenvalue weighted by Gasteiger charge is 2.11. The number of para-hydroxylation sites is 1. The van der Waals surface area contributed by atoms with Crippen LogP contribution in [0.3, 0.4) is 0 Å². The highest BCUT2D eigenvalue weighted by Crippen LogP contribution is 2.25. The third-order valence-electron chi connectivity index (χ3n) is 3.46. The number of esters is 1. The van der Waals surface area contributed by atoms with Gasteiger partial charge in [-0.25, -0.2) is 9.78 Å². The van der Waals surface area contributed by atoms with E-state index in [4.69, 9.17) is 9.15 Å². The molecule has 1 N–H and O–H groups in total. The summed E-state index contributed by atoms with van der Waals surface area (Å²) >= 11 is 1.53. The summed E-state index contributed by atoms with van der Waals surface area (Å²) in [4.78, 5) is 16.3. The normalized spacial score (nSPS) is 11.1. The number of hydrogen-bond donors (Lipinski definition) is 1. The van der Waals surface area contributed by atoms with Crippen LogP contribution in [0.5, 0.6) is 5.75 Å². The summed E-state index contributed by atoms with van der Waals surface area (Å²) in [5.74, 6) is 0.0219. The van der Waals surface area contributed by atoms with Crippen molar-refractivity contribution >= 4 is 38.9 Å². The van der Waals surface area contributed by atoms with Gasteiger partial charge in [-0.05, 0) is 42.0 Å². The average molecular weight is 363 g/mol. The van der Waals surface area contributed by atoms with Gasteiger partial charge in [0.25, 0.3) is 0 Å². The zero-order chi connectivity index (χ0) is 17.8. The number of rotatable bonds is 5. The Morgan fingerprint density at radius 1 is 1.15 bits per heavy atom. The first kappa shape index (κ1) is 16.0. The maximum Gasteiger partial charge on any atom is 0.379 e. The third-order valence-corrected chi connectivity index (χ3v) is 4.40. The van der Waals surface area contributed by atoms with E-state index >= 15 is 0 Å². The molecule has 2 aromatic carbocycles. The topological polar surface area (TPSA) is 76.7 Å². The van der Waals surface area contributed by atoms with E-state index in [1.54, 1.807) is 36.5 Å². The molecule has 128 valence electrons. The van der Waals surface area contributed by atoms with Gasteiger partial charge in [-0.3, -0.25) is 5.43 Å². The van der Waals surface area contributed by atoms with E-state index in [1.165, 1.54) is 17.6 Å². The van der Waals surface area contributed by atoms with Crippen molar-refractivity contribution in [3.05, 3.63) is 78.3 Å². The van der Waals surface area contributed by atoms with E-state index in [0.29, 0.717) is 10.9 Å². The maximum absolute atomic E-state index is 11.9. The zero-order valence-electron chi connectivity index (χ0n) is 13.5. The van der Waals surface area contributed by atoms with Gasteiger partial charge in [-0.2, -0.15) is 5.10 Å². The molecule has 0 spiro atoms. The molecule has 26 heavy (non-hydrogen) atoms. The van der Waals surface area contributed by atoms with Crippen molar-refractivity contribution < 1.29 is 13.9 Å². The molecule has 0 bridgehead atoms. The van der Waals surface area contributed by atoms with Gasteiger partial charge in [-0.1, -0.05) is 35.6 Å². The molecule has 0 saturated heterocycles. The van der Waals surface area contributed by atoms with E-state index in [1.807, 2.05) is 30.3 Å². The molecule has 6 nitrogen and oxygen atoms in total. The number of furan rings is 1. The molecule has 7 heteroatoms. The molecule has 4 rings (SSSR count). The second-order valence-electron chi connectivity index (χ2n) is 5.30. The second kappa shape index (κ2) is 7.20. The fourth-order valence-corrected chi connectivity index (χ4v) is 3.11. The number of hydrogen-bond acceptors (Lipinski definition) is 7. The molecule has 0 atom stereocenters. The molecule has 0 amide bonds. The lowest BCUT2D eigenvalue weighted by atomic mass is 10.2. The first-order valence-electron chi connectivity index (χ1n) is 7.78. The number of ether oxygens (including phenoxy) is 1. The average Bonchev–Trinajstić information content (AvgIpc) is 3.31. The molecule has 4 aromatic rings. The summed E-state index contributed by atoms with van der Waals surface area (Å²) in [7, 11) is 0. The first-order valence-corrected chi connectivity index (χ1v) is 8.60. The monoisotopic (exact) mass is 363 g/mol. The van der Waals surface area contributed by atoms with E-state index < -0.39 is 5.97 Å². The van der Waals surface area contributed by atoms with Crippen LogP contribution in [0.4, 0.5) is 5.13 Å². The van der Waals surface area contributed by atoms with Crippen LogP contribution in [0.15, 0.2) is 76.4 Å². The van der Waals surface area contributed by atoms with Gasteiger partial charge in [0.15, 0.2) is 0 Å². The largest absolute Gasteiger partial charge is 0.457 e. The smallest absolute Gasteiger partial charge is 0.379 e. The van der Waals surface area contributed by atoms with Crippen LogP contribution in [-0.4, -0.2) is 17.2 Å². The van der Waals surface area contributed by atoms with E-state index in [-0.39, 0.29) is 5.76 Å². The van der Waals surface area contributed by atoms with Gasteiger partial charge in [0, 0.05) is 0 Å². The molecule has 0 unspecified atom stereocenters. The Kier molecular flexibility index (Phi) is 4.44. The number of hydrazone groups is 1. The molecule has 2 heterocycles. The number of fused-ring (bicyclic) bond motifs is 1. The quantitative estimate of drug-likeness (QED) is 0.243. The standard InChI is InChI=1S/C19H13N3O3S/c23-18(16-8-4-10-24-16)25-14-6-3-5-13(11-14)12-20-22-19-21-15-7-1-2-9-17(15)26-19/h1-12H,(H,21,22)/b20-12-. The van der Waals surface area contributed by atoms with Gasteiger partial charge in [0.1, 0.15) is 5.75 Å². The summed E-state index contributed by atoms with van der Waals surface area (Å²) in [6, 6.07) is 18.1. The van der Waals surface area contributed by atoms with Crippen LogP contribution in [0.1, 0.15) is 16.1 Å². The Labute approximate surface area is 152 Å². The van der Waals surface area contributed by atoms with Crippen LogP contribution in [-0.2, 0) is 0 Å². The van der Waals surface area contributed by atoms with Crippen molar-refractivity contribution in [2.45, 2.75) is 0 Å². The van der Waals surface area contributed by atoms with Crippen molar-refractivity contribution in [2.24, 2.45) is 5.10 Å². The van der Waals surface area contributed by atoms with Crippen LogP contribution in [0.25, 0.3) is 10.2 Å². The molecule has 0 radical (unpaired) electrons. The third kappa shape index (κ3) is 3.62. The predicted octanol–water partition coefficient (Wildman–Crippen LogP) is 4.55. The molecule has 0 aliphatic heterocycles. The molecular formula is C19H13N3O3S. The van der Waals surface area contributed by atoms with Crippen LogP contribution in [0, 0.1) is 0 Å². The summed E-state index contributed by atoms with van der Waals surface area (Å²) < 4.78 is 11.4. The van der Waals surface area contributed by atoms with Crippen LogP contribution in [0.2, 0.25) is 0 Å². The fourth-order valence-electron chi connectivity index (χ4n) is 2.29. The Hall–Kier alpha value is -3.45. The van der Waals surface area contributed by atoms with Crippen molar-refractivity contribution in [2.75, 3.05) is 5.43 Å². The van der Waals surface area contributed by atoms with E-state index in [2.05, 4.69) is 15.5 Å². The lowest BCUT2D eigenvalue weighted by Gasteiger charge is -2.03. The van der Waals surface area contributed by atoms with Gasteiger partial charge in [-0.15, -0.1) is 0 Å². The number of nitrogens with one attached hydrogen (secondary N) is 1. The molecule has 0 aliphatic rings. The summed E-state index contributed by atoms with van der Waals surface area (Å²) in [6.45, 7) is 0. The van der Waals surface area contributed by atoms with Crippen molar-refractivity contribution in [3.8, 4) is 5.75 Å². The van der Waals surface area contributed by atoms with Crippen LogP contribution < -0.4 is 10.2 Å². The number of aromatic nitrogens is 1. The molecular weight excluding hydrogens is 350 g/mol. The van der Waals surface area contributed by atoms with E-state index in [9.17, 15) is 4.79 Å². The van der Waals surface area contributed by atoms with Gasteiger partial charge in [0.05, 0.1) is 22.7 Å². The van der Waals surface area contributed by atoms with E-state index in [0.717, 1.165) is 15.8 Å². The Morgan fingerprint density at radius 3 is 2.92 bits per heavy atom. The minimum absolute atomic E-state index is 0.154. The number of thiazole rings is 1. The SMILES string of the molecule is O=C(Oc1cccc(/C=N\Nc2nc3ccccc3s2)c1)c1ccco1. The van der Waals surface area contributed by atoms with Crippen molar-refractivity contribution in [1.82, 2.24) is 4.98 Å². The number of benzene rings is 2. The maximum atomic E-state index is 11.9. The summed E-state index contributed by atoms with van der Waals surface area (Å²) in [6.07, 6.45) is 3.06. The zero-order valence-corrected chi connectivity index (χ0v) is 14.3. The Morgan fingerprint density at radius 2 is 2.08 bits per heavy atom. The molecule has 0 fully saturated rings. The number of carbonyl (C=O) groups excluding carboxylic acids is 1. The van der Waals surface area contributed by atoms with Crippen LogP contribution >= 0.6 is 11.3 Å². The Balaban J connectivity index is 1.43.